The van der Waals surface area contributed by atoms with Crippen LogP contribution in [0.4, 0.5) is 30.4 Å². The SMILES string of the molecule is COc1ccc(NC(=O)c2cccc(CSc3cnccn3)c2)cn1.Cc1cc(NC(=O)c2cccc(CSc3cnccn3)c2)no1.O=C(Nc1ccc(C(F)(F)F)cc1)c1cccc(CSc2cnccn2)c1. The Hall–Kier alpha value is -8.47. The number of carbonyl (C=O) groups is 3. The summed E-state index contributed by atoms with van der Waals surface area (Å²) in [5.74, 6) is 2.80. The highest BCUT2D eigenvalue weighted by atomic mass is 32.2. The lowest BCUT2D eigenvalue weighted by Gasteiger charge is -2.09. The molecule has 3 N–H and O–H groups in total. The van der Waals surface area contributed by atoms with E-state index in [9.17, 15) is 27.6 Å². The molecule has 0 aliphatic rings. The van der Waals surface area contributed by atoms with Crippen LogP contribution in [0.5, 0.6) is 5.88 Å². The molecule has 0 unspecified atom stereocenters. The smallest absolute Gasteiger partial charge is 0.416 e. The van der Waals surface area contributed by atoms with Gasteiger partial charge in [0, 0.05) is 89.0 Å². The van der Waals surface area contributed by atoms with Crippen molar-refractivity contribution in [3.63, 3.8) is 0 Å². The van der Waals surface area contributed by atoms with Gasteiger partial charge >= 0.3 is 6.18 Å². The van der Waals surface area contributed by atoms with Crippen LogP contribution in [0.3, 0.4) is 0 Å². The number of ether oxygens (including phenoxy) is 1. The number of pyridine rings is 1. The summed E-state index contributed by atoms with van der Waals surface area (Å²) in [7, 11) is 1.55. The lowest BCUT2D eigenvalue weighted by Crippen LogP contribution is -2.12. The molecule has 0 atom stereocenters. The predicted molar refractivity (Wildman–Crippen MR) is 281 cm³/mol. The molecule has 0 aliphatic carbocycles. The van der Waals surface area contributed by atoms with Crippen LogP contribution in [0, 0.1) is 6.92 Å². The Kier molecular flexibility index (Phi) is 19.9. The summed E-state index contributed by atoms with van der Waals surface area (Å²) in [5.41, 5.74) is 4.73. The van der Waals surface area contributed by atoms with Crippen molar-refractivity contribution in [1.82, 2.24) is 40.0 Å². The van der Waals surface area contributed by atoms with E-state index in [0.717, 1.165) is 43.9 Å². The van der Waals surface area contributed by atoms with Gasteiger partial charge in [-0.2, -0.15) is 13.2 Å². The van der Waals surface area contributed by atoms with Crippen LogP contribution >= 0.6 is 35.3 Å². The molecule has 9 aromatic rings. The topological polar surface area (TPSA) is 213 Å². The van der Waals surface area contributed by atoms with Crippen molar-refractivity contribution in [2.24, 2.45) is 0 Å². The van der Waals surface area contributed by atoms with E-state index in [4.69, 9.17) is 9.26 Å². The van der Waals surface area contributed by atoms with Crippen LogP contribution in [0.1, 0.15) is 59.1 Å². The van der Waals surface area contributed by atoms with Crippen LogP contribution in [0.15, 0.2) is 197 Å². The van der Waals surface area contributed by atoms with Crippen LogP contribution < -0.4 is 20.7 Å². The maximum atomic E-state index is 12.6. The Bertz CT molecular complexity index is 3260. The molecular weight excluding hydrogens is 1020 g/mol. The second-order valence-electron chi connectivity index (χ2n) is 15.4. The number of amides is 3. The van der Waals surface area contributed by atoms with E-state index in [1.165, 1.54) is 23.9 Å². The number of rotatable bonds is 16. The Morgan fingerprint density at radius 1 is 0.533 bits per heavy atom. The summed E-state index contributed by atoms with van der Waals surface area (Å²) in [5, 5.41) is 14.4. The van der Waals surface area contributed by atoms with Gasteiger partial charge in [-0.15, -0.1) is 35.3 Å². The third kappa shape index (κ3) is 17.9. The van der Waals surface area contributed by atoms with E-state index in [0.29, 0.717) is 62.8 Å². The Morgan fingerprint density at radius 2 is 0.973 bits per heavy atom. The van der Waals surface area contributed by atoms with E-state index in [1.807, 2.05) is 42.5 Å². The third-order valence-corrected chi connectivity index (χ3v) is 12.8. The van der Waals surface area contributed by atoms with Crippen molar-refractivity contribution in [3.8, 4) is 5.88 Å². The molecule has 3 amide bonds. The molecule has 0 bridgehead atoms. The molecule has 380 valence electrons. The second-order valence-corrected chi connectivity index (χ2v) is 18.4. The minimum Gasteiger partial charge on any atom is -0.481 e. The number of hydrogen-bond acceptors (Lipinski definition) is 16. The highest BCUT2D eigenvalue weighted by Gasteiger charge is 2.30. The number of halogens is 3. The summed E-state index contributed by atoms with van der Waals surface area (Å²) < 4.78 is 47.7. The van der Waals surface area contributed by atoms with E-state index in [1.54, 1.807) is 148 Å². The predicted octanol–water partition coefficient (Wildman–Crippen LogP) is 11.8. The van der Waals surface area contributed by atoms with E-state index in [2.05, 4.69) is 56.0 Å². The number of carbonyl (C=O) groups excluding carboxylic acids is 3. The standard InChI is InChI=1S/C19H14F3N3OS.C18H16N4O2S.C16H14N4O2S/c20-19(21,22)15-4-6-16(7-5-15)25-18(26)14-3-1-2-13(10-14)12-27-17-11-23-8-9-24-17;1-24-16-6-5-15(10-21-16)22-18(23)14-4-2-3-13(9-14)12-25-17-11-19-7-8-20-17;1-11-7-14(20-22-11)19-16(21)13-4-2-3-12(8-13)10-23-15-9-17-5-6-18-15/h1-11H,12H2,(H,25,26);2-11H,12H2,1H3,(H,22,23);2-9H,10H2,1H3,(H,19,20,21). The molecule has 16 nitrogen and oxygen atoms in total. The average Bonchev–Trinajstić information content (AvgIpc) is 3.86. The van der Waals surface area contributed by atoms with Gasteiger partial charge in [0.1, 0.15) is 20.8 Å². The Labute approximate surface area is 441 Å². The van der Waals surface area contributed by atoms with Crippen molar-refractivity contribution in [2.75, 3.05) is 23.1 Å². The van der Waals surface area contributed by atoms with Gasteiger partial charge in [0.2, 0.25) is 5.88 Å². The van der Waals surface area contributed by atoms with Gasteiger partial charge in [-0.1, -0.05) is 41.6 Å². The van der Waals surface area contributed by atoms with Crippen molar-refractivity contribution in [2.45, 2.75) is 45.4 Å². The number of benzene rings is 4. The van der Waals surface area contributed by atoms with Gasteiger partial charge < -0.3 is 25.2 Å². The molecule has 4 aromatic carbocycles. The quantitative estimate of drug-likeness (QED) is 0.0768. The molecule has 0 fully saturated rings. The highest BCUT2D eigenvalue weighted by Crippen LogP contribution is 2.30. The van der Waals surface area contributed by atoms with Gasteiger partial charge in [0.15, 0.2) is 5.82 Å². The number of methoxy groups -OCH3 is 1. The van der Waals surface area contributed by atoms with Gasteiger partial charge in [0.25, 0.3) is 17.7 Å². The number of thioether (sulfide) groups is 3. The van der Waals surface area contributed by atoms with Crippen LogP contribution in [-0.4, -0.2) is 64.9 Å². The molecule has 0 spiro atoms. The van der Waals surface area contributed by atoms with Gasteiger partial charge in [-0.05, 0) is 90.3 Å². The first-order valence-corrected chi connectivity index (χ1v) is 25.3. The van der Waals surface area contributed by atoms with Gasteiger partial charge in [0.05, 0.1) is 43.1 Å². The lowest BCUT2D eigenvalue weighted by molar-refractivity contribution is -0.137. The summed E-state index contributed by atoms with van der Waals surface area (Å²) in [4.78, 5) is 65.7. The molecule has 0 radical (unpaired) electrons. The third-order valence-electron chi connectivity index (χ3n) is 9.89. The number of nitrogens with zero attached hydrogens (tertiary/aromatic N) is 8. The molecule has 22 heteroatoms. The van der Waals surface area contributed by atoms with Gasteiger partial charge in [-0.3, -0.25) is 29.3 Å². The fourth-order valence-electron chi connectivity index (χ4n) is 6.30. The molecule has 5 aromatic heterocycles. The maximum absolute atomic E-state index is 12.6. The normalized spacial score (nSPS) is 10.7. The Morgan fingerprint density at radius 3 is 1.35 bits per heavy atom. The fraction of sp³-hybridized carbons (Fsp3) is 0.113. The second kappa shape index (κ2) is 27.5. The van der Waals surface area contributed by atoms with Crippen molar-refractivity contribution >= 4 is 70.2 Å². The fourth-order valence-corrected chi connectivity index (χ4v) is 8.59. The number of hydrogen-bond donors (Lipinski definition) is 3. The molecular formula is C53H44F3N11O5S3. The van der Waals surface area contributed by atoms with Crippen LogP contribution in [-0.2, 0) is 23.4 Å². The van der Waals surface area contributed by atoms with Crippen LogP contribution in [0.2, 0.25) is 0 Å². The summed E-state index contributed by atoms with van der Waals surface area (Å²) in [6.45, 7) is 1.77. The van der Waals surface area contributed by atoms with Crippen molar-refractivity contribution in [3.05, 3.63) is 222 Å². The molecule has 9 rings (SSSR count). The highest BCUT2D eigenvalue weighted by molar-refractivity contribution is 7.98. The lowest BCUT2D eigenvalue weighted by atomic mass is 10.1. The summed E-state index contributed by atoms with van der Waals surface area (Å²) >= 11 is 4.63. The molecule has 0 saturated heterocycles. The number of nitrogens with one attached hydrogen (secondary N) is 3. The van der Waals surface area contributed by atoms with E-state index < -0.39 is 11.7 Å². The first kappa shape index (κ1) is 54.3. The average molecular weight is 1070 g/mol. The largest absolute Gasteiger partial charge is 0.481 e. The van der Waals surface area contributed by atoms with Crippen molar-refractivity contribution < 1.29 is 36.8 Å². The van der Waals surface area contributed by atoms with Gasteiger partial charge in [-0.25, -0.2) is 19.9 Å². The molecule has 75 heavy (non-hydrogen) atoms. The number of aromatic nitrogens is 8. The zero-order valence-electron chi connectivity index (χ0n) is 39.8. The first-order valence-electron chi connectivity index (χ1n) is 22.3. The minimum absolute atomic E-state index is 0.182. The minimum atomic E-state index is -4.41. The summed E-state index contributed by atoms with van der Waals surface area (Å²) in [6, 6.07) is 31.4. The maximum Gasteiger partial charge on any atom is 0.416 e. The molecule has 0 saturated carbocycles. The number of anilines is 3. The monoisotopic (exact) mass is 1070 g/mol. The number of aryl methyl sites for hydroxylation is 1. The van der Waals surface area contributed by atoms with Crippen LogP contribution in [0.25, 0.3) is 0 Å². The zero-order valence-corrected chi connectivity index (χ0v) is 42.3. The molecule has 0 aliphatic heterocycles. The Balaban J connectivity index is 0.000000165. The first-order chi connectivity index (χ1) is 36.4. The van der Waals surface area contributed by atoms with E-state index >= 15 is 0 Å². The summed E-state index contributed by atoms with van der Waals surface area (Å²) in [6.07, 6.45) is 12.1. The molecule has 5 heterocycles. The number of alkyl halides is 3. The van der Waals surface area contributed by atoms with Crippen molar-refractivity contribution in [1.29, 1.82) is 0 Å². The zero-order chi connectivity index (χ0) is 52.8. The van der Waals surface area contributed by atoms with E-state index in [-0.39, 0.29) is 17.7 Å².